The number of sulfonamides is 1. The quantitative estimate of drug-likeness (QED) is 0.581. The minimum atomic E-state index is -3.98. The molecule has 2 N–H and O–H groups in total. The zero-order chi connectivity index (χ0) is 19.4. The van der Waals surface area contributed by atoms with Gasteiger partial charge >= 0.3 is 0 Å². The second-order valence-electron chi connectivity index (χ2n) is 6.39. The third kappa shape index (κ3) is 4.62. The summed E-state index contributed by atoms with van der Waals surface area (Å²) in [6, 6.07) is 11.0. The fraction of sp³-hybridized carbons (Fsp3) is 0.278. The van der Waals surface area contributed by atoms with Crippen LogP contribution in [0.15, 0.2) is 53.4 Å². The maximum atomic E-state index is 12.4. The zero-order valence-corrected chi connectivity index (χ0v) is 15.2. The van der Waals surface area contributed by atoms with Gasteiger partial charge in [0.25, 0.3) is 21.6 Å². The van der Waals surface area contributed by atoms with Crippen molar-refractivity contribution in [2.45, 2.75) is 36.6 Å². The molecule has 0 aliphatic heterocycles. The Morgan fingerprint density at radius 1 is 1.07 bits per heavy atom. The summed E-state index contributed by atoms with van der Waals surface area (Å²) in [6.45, 7) is 0. The largest absolute Gasteiger partial charge is 0.349 e. The van der Waals surface area contributed by atoms with Crippen LogP contribution in [0.4, 0.5) is 11.4 Å². The van der Waals surface area contributed by atoms with Gasteiger partial charge in [0.05, 0.1) is 9.82 Å². The van der Waals surface area contributed by atoms with E-state index in [1.807, 2.05) is 0 Å². The summed E-state index contributed by atoms with van der Waals surface area (Å²) in [5.41, 5.74) is 0.399. The number of anilines is 1. The molecule has 0 atom stereocenters. The first-order valence-corrected chi connectivity index (χ1v) is 10.0. The third-order valence-electron chi connectivity index (χ3n) is 4.43. The highest BCUT2D eigenvalue weighted by atomic mass is 32.2. The van der Waals surface area contributed by atoms with Crippen LogP contribution in [-0.4, -0.2) is 25.3 Å². The lowest BCUT2D eigenvalue weighted by molar-refractivity contribution is -0.385. The predicted molar refractivity (Wildman–Crippen MR) is 100 cm³/mol. The van der Waals surface area contributed by atoms with Crippen molar-refractivity contribution in [3.63, 3.8) is 0 Å². The molecule has 3 rings (SSSR count). The monoisotopic (exact) mass is 389 g/mol. The maximum Gasteiger partial charge on any atom is 0.270 e. The number of carbonyl (C=O) groups excluding carboxylic acids is 1. The SMILES string of the molecule is O=C(NC1CCCC1)c1ccc(NS(=O)(=O)c2cccc([N+](=O)[O-])c2)cc1. The molecule has 0 aromatic heterocycles. The van der Waals surface area contributed by atoms with Gasteiger partial charge in [-0.3, -0.25) is 19.6 Å². The Kier molecular flexibility index (Phi) is 5.41. The summed E-state index contributed by atoms with van der Waals surface area (Å²) >= 11 is 0. The number of hydrogen-bond donors (Lipinski definition) is 2. The van der Waals surface area contributed by atoms with E-state index < -0.39 is 14.9 Å². The van der Waals surface area contributed by atoms with Crippen LogP contribution >= 0.6 is 0 Å². The van der Waals surface area contributed by atoms with E-state index in [2.05, 4.69) is 10.0 Å². The van der Waals surface area contributed by atoms with Gasteiger partial charge in [0.15, 0.2) is 0 Å². The molecule has 1 amide bonds. The number of benzene rings is 2. The summed E-state index contributed by atoms with van der Waals surface area (Å²) in [6.07, 6.45) is 4.19. The molecule has 1 fully saturated rings. The van der Waals surface area contributed by atoms with Crippen molar-refractivity contribution in [1.29, 1.82) is 0 Å². The Morgan fingerprint density at radius 2 is 1.74 bits per heavy atom. The van der Waals surface area contributed by atoms with Gasteiger partial charge in [-0.1, -0.05) is 18.9 Å². The van der Waals surface area contributed by atoms with Crippen LogP contribution in [-0.2, 0) is 10.0 Å². The van der Waals surface area contributed by atoms with Crippen molar-refractivity contribution in [2.24, 2.45) is 0 Å². The molecular weight excluding hydrogens is 370 g/mol. The fourth-order valence-electron chi connectivity index (χ4n) is 3.01. The lowest BCUT2D eigenvalue weighted by atomic mass is 10.1. The van der Waals surface area contributed by atoms with E-state index in [1.165, 1.54) is 42.5 Å². The molecule has 27 heavy (non-hydrogen) atoms. The second-order valence-corrected chi connectivity index (χ2v) is 8.07. The van der Waals surface area contributed by atoms with E-state index in [1.54, 1.807) is 0 Å². The molecule has 0 heterocycles. The Morgan fingerprint density at radius 3 is 2.37 bits per heavy atom. The van der Waals surface area contributed by atoms with E-state index in [4.69, 9.17) is 0 Å². The number of carbonyl (C=O) groups is 1. The highest BCUT2D eigenvalue weighted by Crippen LogP contribution is 2.21. The molecule has 0 bridgehead atoms. The van der Waals surface area contributed by atoms with Crippen molar-refractivity contribution >= 4 is 27.3 Å². The number of nitrogens with one attached hydrogen (secondary N) is 2. The molecule has 1 saturated carbocycles. The van der Waals surface area contributed by atoms with E-state index in [0.717, 1.165) is 31.7 Å². The minimum absolute atomic E-state index is 0.185. The number of nitro groups is 1. The average Bonchev–Trinajstić information content (AvgIpc) is 3.15. The van der Waals surface area contributed by atoms with Crippen LogP contribution in [0.2, 0.25) is 0 Å². The molecule has 1 aliphatic rings. The standard InChI is InChI=1S/C18H19N3O5S/c22-18(19-14-4-1-2-5-14)13-8-10-15(11-9-13)20-27(25,26)17-7-3-6-16(12-17)21(23)24/h3,6-12,14,20H,1-2,4-5H2,(H,19,22). The van der Waals surface area contributed by atoms with Crippen molar-refractivity contribution in [2.75, 3.05) is 4.72 Å². The Bertz CT molecular complexity index is 951. The average molecular weight is 389 g/mol. The topological polar surface area (TPSA) is 118 Å². The molecule has 2 aromatic rings. The number of hydrogen-bond acceptors (Lipinski definition) is 5. The predicted octanol–water partition coefficient (Wildman–Crippen LogP) is 3.07. The molecule has 0 spiro atoms. The van der Waals surface area contributed by atoms with Crippen molar-refractivity contribution < 1.29 is 18.1 Å². The van der Waals surface area contributed by atoms with Gasteiger partial charge in [-0.15, -0.1) is 0 Å². The number of nitrogens with zero attached hydrogens (tertiary/aromatic N) is 1. The first kappa shape index (κ1) is 18.8. The van der Waals surface area contributed by atoms with Crippen LogP contribution < -0.4 is 10.0 Å². The Labute approximate surface area is 156 Å². The molecular formula is C18H19N3O5S. The van der Waals surface area contributed by atoms with E-state index in [-0.39, 0.29) is 28.2 Å². The number of rotatable bonds is 6. The summed E-state index contributed by atoms with van der Waals surface area (Å²) in [5.74, 6) is -0.185. The van der Waals surface area contributed by atoms with Crippen molar-refractivity contribution in [3.8, 4) is 0 Å². The zero-order valence-electron chi connectivity index (χ0n) is 14.4. The van der Waals surface area contributed by atoms with Crippen molar-refractivity contribution in [3.05, 3.63) is 64.2 Å². The summed E-state index contributed by atoms with van der Waals surface area (Å²) in [7, 11) is -3.98. The van der Waals surface area contributed by atoms with Crippen LogP contribution in [0.3, 0.4) is 0 Å². The van der Waals surface area contributed by atoms with Gasteiger partial charge in [0.2, 0.25) is 0 Å². The smallest absolute Gasteiger partial charge is 0.270 e. The molecule has 1 aliphatic carbocycles. The van der Waals surface area contributed by atoms with Gasteiger partial charge in [-0.2, -0.15) is 0 Å². The van der Waals surface area contributed by atoms with E-state index in [9.17, 15) is 23.3 Å². The Hall–Kier alpha value is -2.94. The minimum Gasteiger partial charge on any atom is -0.349 e. The number of nitro benzene ring substituents is 1. The number of non-ortho nitro benzene ring substituents is 1. The van der Waals surface area contributed by atoms with Crippen LogP contribution in [0.1, 0.15) is 36.0 Å². The van der Waals surface area contributed by atoms with Crippen LogP contribution in [0.5, 0.6) is 0 Å². The maximum absolute atomic E-state index is 12.4. The molecule has 9 heteroatoms. The second kappa shape index (κ2) is 7.75. The van der Waals surface area contributed by atoms with Gasteiger partial charge < -0.3 is 5.32 Å². The normalized spacial score (nSPS) is 14.7. The molecule has 0 unspecified atom stereocenters. The summed E-state index contributed by atoms with van der Waals surface area (Å²) in [4.78, 5) is 22.2. The third-order valence-corrected chi connectivity index (χ3v) is 5.81. The summed E-state index contributed by atoms with van der Waals surface area (Å²) in [5, 5.41) is 13.8. The molecule has 2 aromatic carbocycles. The van der Waals surface area contributed by atoms with Gasteiger partial charge in [-0.05, 0) is 43.2 Å². The van der Waals surface area contributed by atoms with E-state index in [0.29, 0.717) is 5.56 Å². The first-order valence-electron chi connectivity index (χ1n) is 8.53. The summed E-state index contributed by atoms with van der Waals surface area (Å²) < 4.78 is 27.2. The van der Waals surface area contributed by atoms with Gasteiger partial charge in [0, 0.05) is 29.4 Å². The highest BCUT2D eigenvalue weighted by Gasteiger charge is 2.19. The first-order chi connectivity index (χ1) is 12.8. The molecule has 142 valence electrons. The molecule has 8 nitrogen and oxygen atoms in total. The number of amides is 1. The van der Waals surface area contributed by atoms with Gasteiger partial charge in [0.1, 0.15) is 0 Å². The molecule has 0 saturated heterocycles. The molecule has 0 radical (unpaired) electrons. The lowest BCUT2D eigenvalue weighted by Gasteiger charge is -2.12. The fourth-order valence-corrected chi connectivity index (χ4v) is 4.10. The highest BCUT2D eigenvalue weighted by molar-refractivity contribution is 7.92. The van der Waals surface area contributed by atoms with Crippen LogP contribution in [0, 0.1) is 10.1 Å². The lowest BCUT2D eigenvalue weighted by Crippen LogP contribution is -2.32. The Balaban J connectivity index is 1.70. The van der Waals surface area contributed by atoms with Gasteiger partial charge in [-0.25, -0.2) is 8.42 Å². The van der Waals surface area contributed by atoms with Crippen LogP contribution in [0.25, 0.3) is 0 Å². The van der Waals surface area contributed by atoms with Crippen molar-refractivity contribution in [1.82, 2.24) is 5.32 Å². The van der Waals surface area contributed by atoms with E-state index >= 15 is 0 Å².